The van der Waals surface area contributed by atoms with Gasteiger partial charge < -0.3 is 30.3 Å². The van der Waals surface area contributed by atoms with Crippen molar-refractivity contribution in [2.75, 3.05) is 34.9 Å². The van der Waals surface area contributed by atoms with E-state index in [1.54, 1.807) is 20.4 Å². The van der Waals surface area contributed by atoms with Crippen molar-refractivity contribution in [3.8, 4) is 0 Å². The van der Waals surface area contributed by atoms with Crippen molar-refractivity contribution in [3.05, 3.63) is 52.5 Å². The number of ether oxygens (including phenoxy) is 2. The van der Waals surface area contributed by atoms with E-state index < -0.39 is 23.7 Å². The molecule has 1 aliphatic carbocycles. The van der Waals surface area contributed by atoms with Crippen LogP contribution in [0.5, 0.6) is 0 Å². The van der Waals surface area contributed by atoms with Gasteiger partial charge in [-0.15, -0.1) is 11.3 Å². The molecule has 2 bridgehead atoms. The molecule has 1 aromatic carbocycles. The van der Waals surface area contributed by atoms with E-state index in [-0.39, 0.29) is 77.9 Å². The van der Waals surface area contributed by atoms with Gasteiger partial charge in [0.1, 0.15) is 5.01 Å². The molecule has 13 heteroatoms. The number of carbonyl (C=O) groups is 4. The predicted molar refractivity (Wildman–Crippen MR) is 218 cm³/mol. The number of primary amides is 1. The van der Waals surface area contributed by atoms with Gasteiger partial charge in [-0.2, -0.15) is 0 Å². The van der Waals surface area contributed by atoms with E-state index in [2.05, 4.69) is 42.9 Å². The van der Waals surface area contributed by atoms with Crippen molar-refractivity contribution in [3.63, 3.8) is 0 Å². The van der Waals surface area contributed by atoms with Crippen LogP contribution in [-0.4, -0.2) is 114 Å². The number of carbonyl (C=O) groups excluding carboxylic acids is 4. The Balaban J connectivity index is 1.31. The lowest BCUT2D eigenvalue weighted by molar-refractivity contribution is -0.153. The lowest BCUT2D eigenvalue weighted by Gasteiger charge is -2.48. The molecule has 2 aromatic rings. The molecule has 3 unspecified atom stereocenters. The summed E-state index contributed by atoms with van der Waals surface area (Å²) < 4.78 is 12.2. The number of likely N-dealkylation sites (N-methyl/N-ethyl adjacent to an activating group) is 2. The molecule has 3 heterocycles. The minimum absolute atomic E-state index is 0.0130. The zero-order valence-corrected chi connectivity index (χ0v) is 35.8. The number of thiazole rings is 1. The van der Waals surface area contributed by atoms with E-state index in [0.29, 0.717) is 19.4 Å². The number of amides is 4. The second-order valence-electron chi connectivity index (χ2n) is 17.0. The number of rotatable bonds is 19. The van der Waals surface area contributed by atoms with Gasteiger partial charge in [-0.25, -0.2) is 4.98 Å². The first-order chi connectivity index (χ1) is 26.7. The highest BCUT2D eigenvalue weighted by atomic mass is 32.1. The SMILES string of the molecule is CC[C@H](C)[C@@H]([C@@H](CC(=O)N1CCC[C@H]1[C@H](OC)[C@@H](C)C(=O)N[C@@H](Cc1ccccc1)c1nccs1)OC)N(C)C(=O)[C@@H](C(C)C)C12CCC(C1)C(C(N)=O)N2C. The minimum atomic E-state index is -0.562. The van der Waals surface area contributed by atoms with Crippen LogP contribution in [0.15, 0.2) is 41.9 Å². The molecule has 12 nitrogen and oxygen atoms in total. The van der Waals surface area contributed by atoms with Gasteiger partial charge in [0.25, 0.3) is 0 Å². The summed E-state index contributed by atoms with van der Waals surface area (Å²) in [6, 6.07) is 8.71. The Morgan fingerprint density at radius 2 is 1.80 bits per heavy atom. The van der Waals surface area contributed by atoms with Gasteiger partial charge in [-0.1, -0.05) is 71.4 Å². The molecule has 11 atom stereocenters. The van der Waals surface area contributed by atoms with Gasteiger partial charge in [0.2, 0.25) is 23.6 Å². The second kappa shape index (κ2) is 18.9. The molecule has 3 N–H and O–H groups in total. The smallest absolute Gasteiger partial charge is 0.235 e. The number of aromatic nitrogens is 1. The van der Waals surface area contributed by atoms with Crippen LogP contribution in [-0.2, 0) is 35.1 Å². The monoisotopic (exact) mass is 794 g/mol. The molecule has 1 saturated carbocycles. The van der Waals surface area contributed by atoms with Crippen molar-refractivity contribution >= 4 is 35.0 Å². The van der Waals surface area contributed by atoms with Crippen LogP contribution >= 0.6 is 11.3 Å². The van der Waals surface area contributed by atoms with Crippen LogP contribution in [0.4, 0.5) is 0 Å². The lowest BCUT2D eigenvalue weighted by Crippen LogP contribution is -2.61. The summed E-state index contributed by atoms with van der Waals surface area (Å²) >= 11 is 1.51. The first-order valence-electron chi connectivity index (χ1n) is 20.6. The molecule has 0 spiro atoms. The normalized spacial score (nSPS) is 26.0. The summed E-state index contributed by atoms with van der Waals surface area (Å²) in [5, 5.41) is 6.00. The molecular weight excluding hydrogens is 729 g/mol. The summed E-state index contributed by atoms with van der Waals surface area (Å²) in [6.07, 6.45) is 6.14. The van der Waals surface area contributed by atoms with E-state index >= 15 is 0 Å². The molecule has 0 radical (unpaired) electrons. The van der Waals surface area contributed by atoms with Crippen LogP contribution in [0.1, 0.15) is 96.2 Å². The fourth-order valence-electron chi connectivity index (χ4n) is 10.6. The average Bonchev–Trinajstić information content (AvgIpc) is 4.00. The Kier molecular flexibility index (Phi) is 14.8. The van der Waals surface area contributed by atoms with Crippen molar-refractivity contribution in [2.24, 2.45) is 35.3 Å². The van der Waals surface area contributed by atoms with Crippen molar-refractivity contribution < 1.29 is 28.7 Å². The Bertz CT molecular complexity index is 1630. The first-order valence-corrected chi connectivity index (χ1v) is 21.5. The fraction of sp³-hybridized carbons (Fsp3) is 0.698. The number of methoxy groups -OCH3 is 2. The van der Waals surface area contributed by atoms with Crippen LogP contribution in [0.25, 0.3) is 0 Å². The third-order valence-electron chi connectivity index (χ3n) is 13.5. The van der Waals surface area contributed by atoms with Gasteiger partial charge in [-0.05, 0) is 68.9 Å². The minimum Gasteiger partial charge on any atom is -0.379 e. The topological polar surface area (TPSA) is 147 Å². The summed E-state index contributed by atoms with van der Waals surface area (Å²) in [7, 11) is 7.04. The highest BCUT2D eigenvalue weighted by Crippen LogP contribution is 2.55. The molecular formula is C43H66N6O6S. The van der Waals surface area contributed by atoms with E-state index in [1.807, 2.05) is 66.5 Å². The van der Waals surface area contributed by atoms with E-state index in [1.165, 1.54) is 11.3 Å². The second-order valence-corrected chi connectivity index (χ2v) is 17.9. The number of hydrogen-bond donors (Lipinski definition) is 2. The standard InChI is InChI=1S/C43H66N6O6S/c1-10-27(4)36(47(6)42(53)35(26(2)3)43-19-18-30(25-43)37(39(44)51)48(43)7)33(54-8)24-34(50)49-21-14-17-32(49)38(55-9)28(5)40(52)46-31(41-45-20-22-56-41)23-29-15-12-11-13-16-29/h11-13,15-16,20,22,26-28,30-33,35-38H,10,14,17-19,21,23-25H2,1-9H3,(H2,44,51)(H,46,52)/t27-,28+,30?,31-,32-,33+,35+,36-,37?,38+,43?/m0/s1. The number of nitrogens with two attached hydrogens (primary N) is 1. The third kappa shape index (κ3) is 8.85. The van der Waals surface area contributed by atoms with Crippen LogP contribution in [0.3, 0.4) is 0 Å². The summed E-state index contributed by atoms with van der Waals surface area (Å²) in [5.74, 6) is -1.24. The molecule has 2 aliphatic heterocycles. The van der Waals surface area contributed by atoms with E-state index in [0.717, 1.165) is 42.7 Å². The molecule has 4 amide bonds. The van der Waals surface area contributed by atoms with Gasteiger partial charge in [0.15, 0.2) is 0 Å². The molecule has 1 aromatic heterocycles. The van der Waals surface area contributed by atoms with Crippen molar-refractivity contribution in [1.82, 2.24) is 25.0 Å². The first kappa shape index (κ1) is 43.7. The Hall–Kier alpha value is -3.39. The van der Waals surface area contributed by atoms with Gasteiger partial charge >= 0.3 is 0 Å². The van der Waals surface area contributed by atoms with Gasteiger partial charge in [0, 0.05) is 44.9 Å². The van der Waals surface area contributed by atoms with E-state index in [4.69, 9.17) is 15.2 Å². The summed E-state index contributed by atoms with van der Waals surface area (Å²) in [4.78, 5) is 66.1. The maximum atomic E-state index is 14.8. The van der Waals surface area contributed by atoms with E-state index in [9.17, 15) is 19.2 Å². The van der Waals surface area contributed by atoms with Crippen LogP contribution < -0.4 is 11.1 Å². The molecule has 3 aliphatic rings. The summed E-state index contributed by atoms with van der Waals surface area (Å²) in [6.45, 7) is 10.8. The fourth-order valence-corrected chi connectivity index (χ4v) is 11.3. The molecule has 310 valence electrons. The number of hydrogen-bond acceptors (Lipinski definition) is 9. The number of benzene rings is 1. The lowest BCUT2D eigenvalue weighted by atomic mass is 9.74. The quantitative estimate of drug-likeness (QED) is 0.201. The Morgan fingerprint density at radius 1 is 1.09 bits per heavy atom. The number of fused-ring (bicyclic) bond motifs is 2. The summed E-state index contributed by atoms with van der Waals surface area (Å²) in [5.41, 5.74) is 6.53. The third-order valence-corrected chi connectivity index (χ3v) is 14.4. The maximum absolute atomic E-state index is 14.8. The molecule has 3 fully saturated rings. The Morgan fingerprint density at radius 3 is 2.38 bits per heavy atom. The number of nitrogens with zero attached hydrogens (tertiary/aromatic N) is 4. The zero-order chi connectivity index (χ0) is 40.9. The van der Waals surface area contributed by atoms with Gasteiger partial charge in [-0.3, -0.25) is 24.1 Å². The number of piperidine rings is 1. The molecule has 5 rings (SSSR count). The highest BCUT2D eigenvalue weighted by molar-refractivity contribution is 7.09. The van der Waals surface area contributed by atoms with Crippen molar-refractivity contribution in [2.45, 2.75) is 128 Å². The predicted octanol–water partition coefficient (Wildman–Crippen LogP) is 5.07. The molecule has 2 saturated heterocycles. The Labute approximate surface area is 338 Å². The largest absolute Gasteiger partial charge is 0.379 e. The van der Waals surface area contributed by atoms with Crippen LogP contribution in [0, 0.1) is 29.6 Å². The van der Waals surface area contributed by atoms with Gasteiger partial charge in [0.05, 0.1) is 54.6 Å². The average molecular weight is 795 g/mol. The number of likely N-dealkylation sites (tertiary alicyclic amines) is 2. The van der Waals surface area contributed by atoms with Crippen molar-refractivity contribution in [1.29, 1.82) is 0 Å². The number of nitrogens with one attached hydrogen (secondary N) is 1. The maximum Gasteiger partial charge on any atom is 0.235 e. The highest BCUT2D eigenvalue weighted by Gasteiger charge is 2.62. The molecule has 56 heavy (non-hydrogen) atoms. The van der Waals surface area contributed by atoms with Crippen LogP contribution in [0.2, 0.25) is 0 Å². The zero-order valence-electron chi connectivity index (χ0n) is 35.0.